The van der Waals surface area contributed by atoms with Gasteiger partial charge < -0.3 is 10.2 Å². The minimum absolute atomic E-state index is 0.219. The molecular weight excluding hydrogens is 207 g/mol. The fourth-order valence-corrected chi connectivity index (χ4v) is 1.60. The number of nitrogens with zero attached hydrogens (tertiary/aromatic N) is 1. The van der Waals surface area contributed by atoms with Gasteiger partial charge in [-0.05, 0) is 37.6 Å². The molecule has 84 valence electrons. The van der Waals surface area contributed by atoms with Crippen LogP contribution in [0.1, 0.15) is 17.2 Å². The molecule has 2 rings (SSSR count). The van der Waals surface area contributed by atoms with Gasteiger partial charge in [-0.15, -0.1) is 0 Å². The Hall–Kier alpha value is -1.68. The van der Waals surface area contributed by atoms with E-state index < -0.39 is 0 Å². The average Bonchev–Trinajstić information content (AvgIpc) is 2.64. The van der Waals surface area contributed by atoms with Gasteiger partial charge in [-0.1, -0.05) is 0 Å². The maximum absolute atomic E-state index is 13.1. The summed E-state index contributed by atoms with van der Waals surface area (Å²) in [6.07, 6.45) is 0. The third kappa shape index (κ3) is 1.84. The minimum atomic E-state index is -0.219. The second-order valence-corrected chi connectivity index (χ2v) is 3.68. The Morgan fingerprint density at radius 1 is 1.38 bits per heavy atom. The first-order chi connectivity index (χ1) is 7.61. The van der Waals surface area contributed by atoms with Crippen LogP contribution >= 0.6 is 0 Å². The Morgan fingerprint density at radius 3 is 2.69 bits per heavy atom. The van der Waals surface area contributed by atoms with Gasteiger partial charge in [0.2, 0.25) is 5.89 Å². The van der Waals surface area contributed by atoms with E-state index in [0.717, 1.165) is 11.3 Å². The number of hydrogen-bond acceptors (Lipinski definition) is 3. The predicted octanol–water partition coefficient (Wildman–Crippen LogP) is 2.56. The lowest BCUT2D eigenvalue weighted by Crippen LogP contribution is -1.95. The highest BCUT2D eigenvalue weighted by molar-refractivity contribution is 5.62. The van der Waals surface area contributed by atoms with Crippen LogP contribution in [0.3, 0.4) is 0 Å². The molecule has 0 amide bonds. The molecule has 0 radical (unpaired) electrons. The molecule has 4 heteroatoms. The molecule has 0 unspecified atom stereocenters. The van der Waals surface area contributed by atoms with Gasteiger partial charge in [0.15, 0.2) is 0 Å². The quantitative estimate of drug-likeness (QED) is 0.846. The third-order valence-electron chi connectivity index (χ3n) is 2.45. The summed E-state index contributed by atoms with van der Waals surface area (Å²) in [5.74, 6) is 0.977. The Labute approximate surface area is 93.1 Å². The van der Waals surface area contributed by atoms with Gasteiger partial charge in [-0.3, -0.25) is 0 Å². The van der Waals surface area contributed by atoms with Crippen LogP contribution in [0, 0.1) is 19.7 Å². The molecule has 3 nitrogen and oxygen atoms in total. The van der Waals surface area contributed by atoms with Crippen molar-refractivity contribution in [2.75, 3.05) is 0 Å². The van der Waals surface area contributed by atoms with Crippen LogP contribution in [0.25, 0.3) is 11.3 Å². The monoisotopic (exact) mass is 220 g/mol. The Balaban J connectivity index is 2.49. The van der Waals surface area contributed by atoms with E-state index in [-0.39, 0.29) is 12.4 Å². The summed E-state index contributed by atoms with van der Waals surface area (Å²) in [5.41, 5.74) is 7.61. The number of halogens is 1. The van der Waals surface area contributed by atoms with Crippen molar-refractivity contribution in [1.29, 1.82) is 0 Å². The van der Waals surface area contributed by atoms with Crippen molar-refractivity contribution in [2.24, 2.45) is 5.73 Å². The van der Waals surface area contributed by atoms with E-state index in [1.807, 2.05) is 6.92 Å². The molecule has 0 aliphatic rings. The molecule has 1 aromatic heterocycles. The number of benzene rings is 1. The molecule has 2 N–H and O–H groups in total. The van der Waals surface area contributed by atoms with E-state index in [0.29, 0.717) is 17.2 Å². The maximum atomic E-state index is 13.1. The summed E-state index contributed by atoms with van der Waals surface area (Å²) < 4.78 is 18.5. The molecule has 16 heavy (non-hydrogen) atoms. The molecule has 1 aromatic carbocycles. The molecule has 0 atom stereocenters. The van der Waals surface area contributed by atoms with E-state index in [4.69, 9.17) is 10.2 Å². The smallest absolute Gasteiger partial charge is 0.208 e. The lowest BCUT2D eigenvalue weighted by molar-refractivity contribution is 0.474. The highest BCUT2D eigenvalue weighted by atomic mass is 19.1. The first kappa shape index (κ1) is 10.8. The van der Waals surface area contributed by atoms with Crippen LogP contribution in [0.4, 0.5) is 4.39 Å². The third-order valence-corrected chi connectivity index (χ3v) is 2.45. The second-order valence-electron chi connectivity index (χ2n) is 3.68. The zero-order chi connectivity index (χ0) is 11.7. The lowest BCUT2D eigenvalue weighted by Gasteiger charge is -2.00. The number of hydrogen-bond donors (Lipinski definition) is 1. The summed E-state index contributed by atoms with van der Waals surface area (Å²) in [6.45, 7) is 3.80. The van der Waals surface area contributed by atoms with Crippen LogP contribution in [-0.4, -0.2) is 4.98 Å². The van der Waals surface area contributed by atoms with E-state index in [2.05, 4.69) is 4.98 Å². The zero-order valence-corrected chi connectivity index (χ0v) is 9.25. The summed E-state index contributed by atoms with van der Waals surface area (Å²) >= 11 is 0. The Morgan fingerprint density at radius 2 is 2.12 bits per heavy atom. The number of aromatic nitrogens is 1. The summed E-state index contributed by atoms with van der Waals surface area (Å²) in [6, 6.07) is 4.87. The van der Waals surface area contributed by atoms with Crippen molar-refractivity contribution in [1.82, 2.24) is 4.98 Å². The van der Waals surface area contributed by atoms with Crippen LogP contribution < -0.4 is 5.73 Å². The summed E-state index contributed by atoms with van der Waals surface area (Å²) in [4.78, 5) is 4.26. The van der Waals surface area contributed by atoms with Gasteiger partial charge in [0.25, 0.3) is 0 Å². The summed E-state index contributed by atoms with van der Waals surface area (Å²) in [7, 11) is 0. The fourth-order valence-electron chi connectivity index (χ4n) is 1.60. The van der Waals surface area contributed by atoms with Crippen molar-refractivity contribution in [3.8, 4) is 11.3 Å². The first-order valence-electron chi connectivity index (χ1n) is 5.04. The normalized spacial score (nSPS) is 10.8. The minimum Gasteiger partial charge on any atom is -0.444 e. The van der Waals surface area contributed by atoms with Gasteiger partial charge in [0.05, 0.1) is 6.54 Å². The number of rotatable bonds is 2. The molecule has 2 aromatic rings. The number of nitrogens with two attached hydrogens (primary N) is 1. The zero-order valence-electron chi connectivity index (χ0n) is 9.25. The van der Waals surface area contributed by atoms with Crippen molar-refractivity contribution < 1.29 is 8.81 Å². The molecule has 0 bridgehead atoms. The van der Waals surface area contributed by atoms with Crippen LogP contribution in [0.5, 0.6) is 0 Å². The van der Waals surface area contributed by atoms with Crippen molar-refractivity contribution in [3.63, 3.8) is 0 Å². The first-order valence-corrected chi connectivity index (χ1v) is 5.04. The van der Waals surface area contributed by atoms with Gasteiger partial charge in [0, 0.05) is 5.56 Å². The van der Waals surface area contributed by atoms with Gasteiger partial charge in [-0.2, -0.15) is 0 Å². The van der Waals surface area contributed by atoms with E-state index in [9.17, 15) is 4.39 Å². The van der Waals surface area contributed by atoms with Crippen molar-refractivity contribution in [3.05, 3.63) is 41.2 Å². The molecule has 0 spiro atoms. The van der Waals surface area contributed by atoms with Crippen LogP contribution in [0.2, 0.25) is 0 Å². The number of oxazole rings is 1. The maximum Gasteiger partial charge on any atom is 0.208 e. The topological polar surface area (TPSA) is 52.0 Å². The van der Waals surface area contributed by atoms with Gasteiger partial charge in [0.1, 0.15) is 17.3 Å². The van der Waals surface area contributed by atoms with Crippen molar-refractivity contribution >= 4 is 0 Å². The van der Waals surface area contributed by atoms with Gasteiger partial charge in [-0.25, -0.2) is 9.37 Å². The molecule has 0 saturated heterocycles. The molecule has 0 saturated carbocycles. The molecule has 0 fully saturated rings. The standard InChI is InChI=1S/C12H13FN2O/c1-7-5-9(3-4-10(7)13)12-8(2)16-11(6-14)15-12/h3-5H,6,14H2,1-2H3. The fraction of sp³-hybridized carbons (Fsp3) is 0.250. The van der Waals surface area contributed by atoms with Crippen molar-refractivity contribution in [2.45, 2.75) is 20.4 Å². The van der Waals surface area contributed by atoms with E-state index >= 15 is 0 Å². The number of aryl methyl sites for hydroxylation is 2. The molecule has 0 aliphatic carbocycles. The predicted molar refractivity (Wildman–Crippen MR) is 59.3 cm³/mol. The average molecular weight is 220 g/mol. The van der Waals surface area contributed by atoms with Crippen LogP contribution in [0.15, 0.2) is 22.6 Å². The van der Waals surface area contributed by atoms with E-state index in [1.54, 1.807) is 19.1 Å². The second kappa shape index (κ2) is 4.06. The van der Waals surface area contributed by atoms with E-state index in [1.165, 1.54) is 6.07 Å². The van der Waals surface area contributed by atoms with Gasteiger partial charge >= 0.3 is 0 Å². The highest BCUT2D eigenvalue weighted by Crippen LogP contribution is 2.24. The van der Waals surface area contributed by atoms with Crippen LogP contribution in [-0.2, 0) is 6.54 Å². The molecular formula is C12H13FN2O. The highest BCUT2D eigenvalue weighted by Gasteiger charge is 2.11. The SMILES string of the molecule is Cc1cc(-c2nc(CN)oc2C)ccc1F. The lowest BCUT2D eigenvalue weighted by atomic mass is 10.1. The Kier molecular flexibility index (Phi) is 2.75. The summed E-state index contributed by atoms with van der Waals surface area (Å²) in [5, 5.41) is 0. The Bertz CT molecular complexity index is 520. The largest absolute Gasteiger partial charge is 0.444 e. The molecule has 0 aliphatic heterocycles. The molecule has 1 heterocycles.